The lowest BCUT2D eigenvalue weighted by molar-refractivity contribution is -0.143. The monoisotopic (exact) mass is 217 g/mol. The summed E-state index contributed by atoms with van der Waals surface area (Å²) in [7, 11) is 1.39. The van der Waals surface area contributed by atoms with Gasteiger partial charge in [0.05, 0.1) is 18.6 Å². The molecule has 0 bridgehead atoms. The van der Waals surface area contributed by atoms with Crippen LogP contribution < -0.4 is 0 Å². The number of nitrogens with zero attached hydrogens (tertiary/aromatic N) is 1. The predicted octanol–water partition coefficient (Wildman–Crippen LogP) is 2.22. The maximum atomic E-state index is 11.4. The van der Waals surface area contributed by atoms with Crippen LogP contribution in [0.3, 0.4) is 0 Å². The minimum atomic E-state index is -0.204. The van der Waals surface area contributed by atoms with Crippen LogP contribution in [0.1, 0.15) is 13.8 Å². The Labute approximate surface area is 95.7 Å². The van der Waals surface area contributed by atoms with Crippen molar-refractivity contribution in [3.05, 3.63) is 30.0 Å². The summed E-state index contributed by atoms with van der Waals surface area (Å²) in [6.45, 7) is 7.50. The Bertz CT molecular complexity index is 420. The molecule has 0 aromatic heterocycles. The van der Waals surface area contributed by atoms with Gasteiger partial charge in [-0.05, 0) is 17.6 Å². The molecule has 0 amide bonds. The molecule has 0 radical (unpaired) electrons. The Morgan fingerprint density at radius 2 is 2.19 bits per heavy atom. The smallest absolute Gasteiger partial charge is 0.309 e. The number of esters is 1. The van der Waals surface area contributed by atoms with Gasteiger partial charge in [-0.15, -0.1) is 5.73 Å². The van der Waals surface area contributed by atoms with E-state index in [1.165, 1.54) is 13.2 Å². The summed E-state index contributed by atoms with van der Waals surface area (Å²) >= 11 is 0. The van der Waals surface area contributed by atoms with Crippen molar-refractivity contribution >= 4 is 5.97 Å². The third-order valence-electron chi connectivity index (χ3n) is 3.11. The molecule has 0 aliphatic heterocycles. The number of carbonyl (C=O) groups is 1. The van der Waals surface area contributed by atoms with Crippen LogP contribution in [0.15, 0.2) is 30.0 Å². The van der Waals surface area contributed by atoms with Crippen LogP contribution in [-0.4, -0.2) is 13.1 Å². The molecular formula is C13H15NO2. The normalized spacial score (nSPS) is 24.6. The molecule has 0 saturated heterocycles. The second-order valence-corrected chi connectivity index (χ2v) is 4.39. The van der Waals surface area contributed by atoms with Gasteiger partial charge in [0, 0.05) is 5.92 Å². The molecule has 0 spiro atoms. The first-order chi connectivity index (χ1) is 7.48. The number of hydrogen-bond donors (Lipinski definition) is 0. The van der Waals surface area contributed by atoms with Crippen molar-refractivity contribution in [2.75, 3.05) is 7.11 Å². The van der Waals surface area contributed by atoms with Gasteiger partial charge in [-0.3, -0.25) is 4.79 Å². The number of hydrogen-bond acceptors (Lipinski definition) is 3. The number of nitriles is 1. The van der Waals surface area contributed by atoms with E-state index >= 15 is 0 Å². The highest BCUT2D eigenvalue weighted by Gasteiger charge is 2.61. The average molecular weight is 217 g/mol. The fourth-order valence-electron chi connectivity index (χ4n) is 1.88. The highest BCUT2D eigenvalue weighted by molar-refractivity contribution is 5.78. The second kappa shape index (κ2) is 4.38. The quantitative estimate of drug-likeness (QED) is 0.315. The number of ether oxygens (including phenoxy) is 1. The molecular weight excluding hydrogens is 202 g/mol. The number of carbonyl (C=O) groups excluding carboxylic acids is 1. The lowest BCUT2D eigenvalue weighted by atomic mass is 10.1. The van der Waals surface area contributed by atoms with Crippen molar-refractivity contribution in [1.82, 2.24) is 0 Å². The Morgan fingerprint density at radius 3 is 2.62 bits per heavy atom. The van der Waals surface area contributed by atoms with Crippen LogP contribution in [0.25, 0.3) is 0 Å². The van der Waals surface area contributed by atoms with Crippen LogP contribution in [0.2, 0.25) is 0 Å². The van der Waals surface area contributed by atoms with E-state index in [0.29, 0.717) is 5.57 Å². The van der Waals surface area contributed by atoms with Crippen molar-refractivity contribution in [1.29, 1.82) is 5.26 Å². The van der Waals surface area contributed by atoms with Crippen molar-refractivity contribution < 1.29 is 9.53 Å². The lowest BCUT2D eigenvalue weighted by Crippen LogP contribution is -2.07. The molecule has 84 valence electrons. The van der Waals surface area contributed by atoms with Crippen molar-refractivity contribution in [2.24, 2.45) is 17.3 Å². The zero-order valence-corrected chi connectivity index (χ0v) is 9.78. The van der Waals surface area contributed by atoms with Gasteiger partial charge in [0.15, 0.2) is 0 Å². The maximum Gasteiger partial charge on any atom is 0.309 e. The van der Waals surface area contributed by atoms with Gasteiger partial charge in [0.25, 0.3) is 0 Å². The van der Waals surface area contributed by atoms with Gasteiger partial charge in [0.2, 0.25) is 0 Å². The van der Waals surface area contributed by atoms with Crippen LogP contribution in [0, 0.1) is 28.6 Å². The molecule has 0 heterocycles. The molecule has 1 fully saturated rings. The summed E-state index contributed by atoms with van der Waals surface area (Å²) in [4.78, 5) is 11.4. The van der Waals surface area contributed by atoms with Crippen molar-refractivity contribution in [3.63, 3.8) is 0 Å². The third-order valence-corrected chi connectivity index (χ3v) is 3.11. The van der Waals surface area contributed by atoms with Crippen LogP contribution >= 0.6 is 0 Å². The van der Waals surface area contributed by atoms with E-state index in [-0.39, 0.29) is 23.2 Å². The number of allylic oxidation sites excluding steroid dienone is 2. The van der Waals surface area contributed by atoms with E-state index in [0.717, 1.165) is 0 Å². The summed E-state index contributed by atoms with van der Waals surface area (Å²) in [6, 6.07) is 1.96. The van der Waals surface area contributed by atoms with Gasteiger partial charge in [0.1, 0.15) is 6.07 Å². The highest BCUT2D eigenvalue weighted by Crippen LogP contribution is 2.59. The first kappa shape index (κ1) is 12.3. The lowest BCUT2D eigenvalue weighted by Gasteiger charge is -1.98. The topological polar surface area (TPSA) is 50.1 Å². The summed E-state index contributed by atoms with van der Waals surface area (Å²) in [5, 5.41) is 8.68. The average Bonchev–Trinajstić information content (AvgIpc) is 2.81. The fraction of sp³-hybridized carbons (Fsp3) is 0.462. The van der Waals surface area contributed by atoms with Gasteiger partial charge in [-0.1, -0.05) is 20.4 Å². The molecule has 3 heteroatoms. The Morgan fingerprint density at radius 1 is 1.56 bits per heavy atom. The summed E-state index contributed by atoms with van der Waals surface area (Å²) in [5.74, 6) is -0.247. The Kier molecular flexibility index (Phi) is 3.37. The van der Waals surface area contributed by atoms with Crippen LogP contribution in [0.4, 0.5) is 0 Å². The number of methoxy groups -OCH3 is 1. The molecule has 16 heavy (non-hydrogen) atoms. The van der Waals surface area contributed by atoms with Crippen molar-refractivity contribution in [2.45, 2.75) is 13.8 Å². The van der Waals surface area contributed by atoms with Gasteiger partial charge < -0.3 is 4.74 Å². The third kappa shape index (κ3) is 2.08. The molecule has 3 nitrogen and oxygen atoms in total. The SMILES string of the molecule is C=CC(=C=CC1C(C(=O)OC)C1(C)C)C#N. The minimum Gasteiger partial charge on any atom is -0.469 e. The van der Waals surface area contributed by atoms with Crippen molar-refractivity contribution in [3.8, 4) is 6.07 Å². The van der Waals surface area contributed by atoms with E-state index < -0.39 is 0 Å². The van der Waals surface area contributed by atoms with Gasteiger partial charge in [-0.25, -0.2) is 0 Å². The zero-order chi connectivity index (χ0) is 12.3. The van der Waals surface area contributed by atoms with E-state index in [1.54, 1.807) is 6.08 Å². The molecule has 2 atom stereocenters. The molecule has 1 aliphatic carbocycles. The standard InChI is InChI=1S/C13H15NO2/c1-5-9(8-14)6-7-10-11(12(15)16-4)13(10,2)3/h5,7,10-11H,1H2,2-4H3. The highest BCUT2D eigenvalue weighted by atomic mass is 16.5. The molecule has 1 aliphatic rings. The molecule has 0 aromatic carbocycles. The van der Waals surface area contributed by atoms with Gasteiger partial charge >= 0.3 is 5.97 Å². The summed E-state index contributed by atoms with van der Waals surface area (Å²) in [5.41, 5.74) is 3.12. The summed E-state index contributed by atoms with van der Waals surface area (Å²) < 4.78 is 4.72. The first-order valence-corrected chi connectivity index (χ1v) is 5.06. The van der Waals surface area contributed by atoms with Crippen LogP contribution in [-0.2, 0) is 9.53 Å². The molecule has 1 saturated carbocycles. The second-order valence-electron chi connectivity index (χ2n) is 4.39. The fourth-order valence-corrected chi connectivity index (χ4v) is 1.88. The molecule has 0 N–H and O–H groups in total. The molecule has 2 unspecified atom stereocenters. The van der Waals surface area contributed by atoms with E-state index in [2.05, 4.69) is 12.3 Å². The Hall–Kier alpha value is -1.78. The first-order valence-electron chi connectivity index (χ1n) is 5.06. The largest absolute Gasteiger partial charge is 0.469 e. The molecule has 0 aromatic rings. The van der Waals surface area contributed by atoms with E-state index in [9.17, 15) is 4.79 Å². The predicted molar refractivity (Wildman–Crippen MR) is 60.2 cm³/mol. The van der Waals surface area contributed by atoms with Crippen LogP contribution in [0.5, 0.6) is 0 Å². The summed E-state index contributed by atoms with van der Waals surface area (Å²) in [6.07, 6.45) is 3.21. The Balaban J connectivity index is 2.87. The minimum absolute atomic E-state index is 0.0863. The van der Waals surface area contributed by atoms with E-state index in [4.69, 9.17) is 10.00 Å². The van der Waals surface area contributed by atoms with E-state index in [1.807, 2.05) is 19.9 Å². The molecule has 1 rings (SSSR count). The number of rotatable bonds is 3. The maximum absolute atomic E-state index is 11.4. The van der Waals surface area contributed by atoms with Gasteiger partial charge in [-0.2, -0.15) is 5.26 Å². The zero-order valence-electron chi connectivity index (χ0n) is 9.78.